The van der Waals surface area contributed by atoms with Gasteiger partial charge in [0.15, 0.2) is 11.4 Å². The fourth-order valence-corrected chi connectivity index (χ4v) is 2.64. The molecule has 6 heteroatoms. The number of hydroxylamine groups is 1. The minimum absolute atomic E-state index is 0.0549. The summed E-state index contributed by atoms with van der Waals surface area (Å²) in [7, 11) is 1.44. The Hall–Kier alpha value is -1.21. The average molecular weight is 269 g/mol. The van der Waals surface area contributed by atoms with E-state index in [4.69, 9.17) is 14.2 Å². The van der Waals surface area contributed by atoms with E-state index in [-0.39, 0.29) is 23.4 Å². The molecule has 0 bridgehead atoms. The first kappa shape index (κ1) is 12.8. The Morgan fingerprint density at radius 3 is 2.63 bits per heavy atom. The highest BCUT2D eigenvalue weighted by Gasteiger charge is 2.41. The van der Waals surface area contributed by atoms with Gasteiger partial charge < -0.3 is 24.5 Å². The molecule has 1 saturated heterocycles. The minimum Gasteiger partial charge on any atom is -0.629 e. The third-order valence-corrected chi connectivity index (χ3v) is 3.59. The molecule has 1 aliphatic heterocycles. The van der Waals surface area contributed by atoms with Crippen molar-refractivity contribution in [1.82, 2.24) is 0 Å². The summed E-state index contributed by atoms with van der Waals surface area (Å²) < 4.78 is 29.8. The van der Waals surface area contributed by atoms with Crippen LogP contribution in [0.5, 0.6) is 5.75 Å². The molecule has 3 rings (SSSR count). The van der Waals surface area contributed by atoms with Gasteiger partial charge in [-0.3, -0.25) is 0 Å². The SMILES string of the molecule is C[NH+]([O-])c1ccc(F)cc1O[C@H]1C[C@@H]2OCO[C@@H]2C1. The van der Waals surface area contributed by atoms with Gasteiger partial charge in [-0.25, -0.2) is 4.39 Å². The predicted octanol–water partition coefficient (Wildman–Crippen LogP) is 0.752. The van der Waals surface area contributed by atoms with E-state index >= 15 is 0 Å². The largest absolute Gasteiger partial charge is 0.629 e. The van der Waals surface area contributed by atoms with Crippen molar-refractivity contribution in [2.75, 3.05) is 13.8 Å². The van der Waals surface area contributed by atoms with Gasteiger partial charge in [-0.05, 0) is 6.07 Å². The Labute approximate surface area is 110 Å². The number of rotatable bonds is 3. The van der Waals surface area contributed by atoms with Gasteiger partial charge in [0.25, 0.3) is 0 Å². The normalized spacial score (nSPS) is 31.2. The summed E-state index contributed by atoms with van der Waals surface area (Å²) in [4.78, 5) is 0. The molecule has 0 spiro atoms. The van der Waals surface area contributed by atoms with E-state index in [1.807, 2.05) is 0 Å². The molecule has 1 aromatic rings. The first-order valence-corrected chi connectivity index (χ1v) is 6.34. The lowest BCUT2D eigenvalue weighted by Crippen LogP contribution is -2.98. The van der Waals surface area contributed by atoms with Gasteiger partial charge in [0.1, 0.15) is 18.7 Å². The van der Waals surface area contributed by atoms with E-state index in [1.54, 1.807) is 0 Å². The molecule has 5 nitrogen and oxygen atoms in total. The Bertz CT molecular complexity index is 456. The number of quaternary nitrogens is 1. The van der Waals surface area contributed by atoms with Crippen LogP contribution >= 0.6 is 0 Å². The first-order chi connectivity index (χ1) is 9.13. The Balaban J connectivity index is 1.74. The quantitative estimate of drug-likeness (QED) is 0.823. The number of nitrogens with one attached hydrogen (secondary N) is 1. The van der Waals surface area contributed by atoms with Crippen molar-refractivity contribution >= 4 is 5.69 Å². The van der Waals surface area contributed by atoms with Gasteiger partial charge in [0.2, 0.25) is 0 Å². The Kier molecular flexibility index (Phi) is 3.40. The van der Waals surface area contributed by atoms with Gasteiger partial charge in [-0.2, -0.15) is 0 Å². The molecule has 1 aliphatic carbocycles. The number of ether oxygens (including phenoxy) is 3. The molecule has 1 heterocycles. The van der Waals surface area contributed by atoms with Crippen LogP contribution in [0.1, 0.15) is 12.8 Å². The highest BCUT2D eigenvalue weighted by atomic mass is 19.1. The zero-order valence-electron chi connectivity index (χ0n) is 10.6. The van der Waals surface area contributed by atoms with Gasteiger partial charge in [-0.1, -0.05) is 0 Å². The summed E-state index contributed by atoms with van der Waals surface area (Å²) in [6.45, 7) is 0.334. The average Bonchev–Trinajstić information content (AvgIpc) is 2.89. The summed E-state index contributed by atoms with van der Waals surface area (Å²) >= 11 is 0. The van der Waals surface area contributed by atoms with Crippen molar-refractivity contribution in [3.63, 3.8) is 0 Å². The molecular weight excluding hydrogens is 253 g/mol. The molecule has 2 fully saturated rings. The minimum atomic E-state index is -0.411. The smallest absolute Gasteiger partial charge is 0.183 e. The molecule has 0 aromatic heterocycles. The van der Waals surface area contributed by atoms with Crippen LogP contribution in [0.2, 0.25) is 0 Å². The van der Waals surface area contributed by atoms with Crippen LogP contribution < -0.4 is 9.80 Å². The highest BCUT2D eigenvalue weighted by Crippen LogP contribution is 2.34. The summed E-state index contributed by atoms with van der Waals surface area (Å²) in [5.74, 6) is -0.108. The molecule has 104 valence electrons. The maximum absolute atomic E-state index is 13.3. The predicted molar refractivity (Wildman–Crippen MR) is 64.6 cm³/mol. The second kappa shape index (κ2) is 5.05. The highest BCUT2D eigenvalue weighted by molar-refractivity contribution is 5.46. The second-order valence-electron chi connectivity index (χ2n) is 4.94. The van der Waals surface area contributed by atoms with E-state index < -0.39 is 5.82 Å². The number of halogens is 1. The van der Waals surface area contributed by atoms with Crippen molar-refractivity contribution < 1.29 is 23.7 Å². The van der Waals surface area contributed by atoms with Crippen molar-refractivity contribution in [1.29, 1.82) is 0 Å². The number of hydrogen-bond acceptors (Lipinski definition) is 4. The number of hydrogen-bond donors (Lipinski definition) is 1. The van der Waals surface area contributed by atoms with E-state index in [0.29, 0.717) is 31.1 Å². The van der Waals surface area contributed by atoms with Crippen LogP contribution in [0.3, 0.4) is 0 Å². The van der Waals surface area contributed by atoms with E-state index in [2.05, 4.69) is 0 Å². The zero-order valence-corrected chi connectivity index (χ0v) is 10.6. The maximum Gasteiger partial charge on any atom is 0.183 e. The Morgan fingerprint density at radius 2 is 2.00 bits per heavy atom. The van der Waals surface area contributed by atoms with Crippen LogP contribution in [0, 0.1) is 11.0 Å². The van der Waals surface area contributed by atoms with Crippen molar-refractivity contribution in [2.24, 2.45) is 0 Å². The number of fused-ring (bicyclic) bond motifs is 1. The molecule has 0 radical (unpaired) electrons. The van der Waals surface area contributed by atoms with Gasteiger partial charge in [0, 0.05) is 25.0 Å². The monoisotopic (exact) mass is 269 g/mol. The summed E-state index contributed by atoms with van der Waals surface area (Å²) in [6.07, 6.45) is 1.42. The molecule has 19 heavy (non-hydrogen) atoms. The maximum atomic E-state index is 13.3. The van der Waals surface area contributed by atoms with Gasteiger partial charge in [-0.15, -0.1) is 0 Å². The van der Waals surface area contributed by atoms with Crippen LogP contribution in [-0.4, -0.2) is 32.2 Å². The molecule has 1 unspecified atom stereocenters. The van der Waals surface area contributed by atoms with Crippen LogP contribution in [0.15, 0.2) is 18.2 Å². The van der Waals surface area contributed by atoms with Gasteiger partial charge in [0.05, 0.1) is 19.3 Å². The van der Waals surface area contributed by atoms with Crippen LogP contribution in [0.25, 0.3) is 0 Å². The zero-order chi connectivity index (χ0) is 13.4. The van der Waals surface area contributed by atoms with Crippen molar-refractivity contribution in [2.45, 2.75) is 31.2 Å². The summed E-state index contributed by atoms with van der Waals surface area (Å²) in [6, 6.07) is 3.97. The summed E-state index contributed by atoms with van der Waals surface area (Å²) in [5, 5.41) is 11.4. The lowest BCUT2D eigenvalue weighted by atomic mass is 10.2. The fraction of sp³-hybridized carbons (Fsp3) is 0.538. The van der Waals surface area contributed by atoms with Crippen molar-refractivity contribution in [3.05, 3.63) is 29.2 Å². The van der Waals surface area contributed by atoms with Gasteiger partial charge >= 0.3 is 0 Å². The lowest BCUT2D eigenvalue weighted by molar-refractivity contribution is -0.751. The summed E-state index contributed by atoms with van der Waals surface area (Å²) in [5.41, 5.74) is 0.403. The number of benzene rings is 1. The standard InChI is InChI=1S/C13H16FNO4/c1-15(16)10-3-2-8(14)4-11(10)19-9-5-12-13(6-9)18-7-17-12/h2-4,9,12-13,15H,5-7H2,1H3/t9-,12-,13+. The molecule has 1 aromatic carbocycles. The molecule has 0 amide bonds. The third-order valence-electron chi connectivity index (χ3n) is 3.59. The van der Waals surface area contributed by atoms with E-state index in [9.17, 15) is 9.60 Å². The van der Waals surface area contributed by atoms with Crippen LogP contribution in [0.4, 0.5) is 10.1 Å². The molecule has 4 atom stereocenters. The van der Waals surface area contributed by atoms with E-state index in [0.717, 1.165) is 0 Å². The first-order valence-electron chi connectivity index (χ1n) is 6.34. The fourth-order valence-electron chi connectivity index (χ4n) is 2.64. The molecule has 2 aliphatic rings. The van der Waals surface area contributed by atoms with Crippen molar-refractivity contribution in [3.8, 4) is 5.75 Å². The lowest BCUT2D eigenvalue weighted by Gasteiger charge is -2.21. The molecule has 1 N–H and O–H groups in total. The van der Waals surface area contributed by atoms with Crippen LogP contribution in [-0.2, 0) is 9.47 Å². The second-order valence-corrected chi connectivity index (χ2v) is 4.94. The molecular formula is C13H16FNO4. The third kappa shape index (κ3) is 2.57. The van der Waals surface area contributed by atoms with E-state index in [1.165, 1.54) is 25.2 Å². The topological polar surface area (TPSA) is 55.2 Å². The Morgan fingerprint density at radius 1 is 1.32 bits per heavy atom. The molecule has 1 saturated carbocycles.